The van der Waals surface area contributed by atoms with Gasteiger partial charge in [-0.1, -0.05) is 42.5 Å². The molecule has 0 amide bonds. The lowest BCUT2D eigenvalue weighted by Crippen LogP contribution is -2.22. The second-order valence-corrected chi connectivity index (χ2v) is 6.10. The lowest BCUT2D eigenvalue weighted by molar-refractivity contribution is 0.0974. The van der Waals surface area contributed by atoms with Crippen molar-refractivity contribution in [2.75, 3.05) is 0 Å². The van der Waals surface area contributed by atoms with Crippen LogP contribution in [0.4, 0.5) is 0 Å². The van der Waals surface area contributed by atoms with Gasteiger partial charge >= 0.3 is 5.63 Å². The molecule has 0 saturated heterocycles. The van der Waals surface area contributed by atoms with Gasteiger partial charge in [0.1, 0.15) is 5.69 Å². The Labute approximate surface area is 141 Å². The van der Waals surface area contributed by atoms with E-state index >= 15 is 0 Å². The van der Waals surface area contributed by atoms with Crippen LogP contribution in [0.15, 0.2) is 57.7 Å². The SMILES string of the molecule is Cn1c2c(c3oc(=O)c4ccccc4c31)C(=O)c1ccccc1C2=O. The van der Waals surface area contributed by atoms with Gasteiger partial charge in [0.2, 0.25) is 5.78 Å². The van der Waals surface area contributed by atoms with E-state index in [9.17, 15) is 14.4 Å². The van der Waals surface area contributed by atoms with Crippen LogP contribution in [-0.4, -0.2) is 16.1 Å². The minimum absolute atomic E-state index is 0.170. The van der Waals surface area contributed by atoms with Crippen molar-refractivity contribution in [1.82, 2.24) is 4.57 Å². The van der Waals surface area contributed by atoms with Gasteiger partial charge in [-0.2, -0.15) is 0 Å². The predicted molar refractivity (Wildman–Crippen MR) is 92.3 cm³/mol. The first kappa shape index (κ1) is 13.9. The van der Waals surface area contributed by atoms with Gasteiger partial charge in [-0.15, -0.1) is 0 Å². The maximum atomic E-state index is 13.0. The average Bonchev–Trinajstić information content (AvgIpc) is 2.93. The van der Waals surface area contributed by atoms with Crippen molar-refractivity contribution in [2.45, 2.75) is 0 Å². The van der Waals surface area contributed by atoms with Crippen molar-refractivity contribution in [3.8, 4) is 0 Å². The summed E-state index contributed by atoms with van der Waals surface area (Å²) in [5, 5.41) is 1.08. The van der Waals surface area contributed by atoms with Crippen molar-refractivity contribution in [3.05, 3.63) is 81.3 Å². The van der Waals surface area contributed by atoms with E-state index in [0.29, 0.717) is 27.4 Å². The van der Waals surface area contributed by atoms with Crippen LogP contribution in [0.5, 0.6) is 0 Å². The minimum atomic E-state index is -0.518. The third kappa shape index (κ3) is 1.59. The van der Waals surface area contributed by atoms with Crippen LogP contribution in [0.2, 0.25) is 0 Å². The molecule has 1 aliphatic carbocycles. The zero-order valence-electron chi connectivity index (χ0n) is 13.2. The number of fused-ring (bicyclic) bond motifs is 6. The topological polar surface area (TPSA) is 69.3 Å². The minimum Gasteiger partial charge on any atom is -0.420 e. The van der Waals surface area contributed by atoms with Crippen LogP contribution in [0.1, 0.15) is 32.0 Å². The summed E-state index contributed by atoms with van der Waals surface area (Å²) in [6.07, 6.45) is 0. The molecule has 2 aromatic heterocycles. The Kier molecular flexibility index (Phi) is 2.53. The quantitative estimate of drug-likeness (QED) is 0.438. The van der Waals surface area contributed by atoms with E-state index in [-0.39, 0.29) is 28.4 Å². The van der Waals surface area contributed by atoms with Crippen molar-refractivity contribution in [3.63, 3.8) is 0 Å². The zero-order valence-corrected chi connectivity index (χ0v) is 13.2. The number of nitrogens with zero attached hydrogens (tertiary/aromatic N) is 1. The van der Waals surface area contributed by atoms with Gasteiger partial charge < -0.3 is 8.98 Å². The summed E-state index contributed by atoms with van der Waals surface area (Å²) < 4.78 is 7.14. The molecule has 0 aliphatic heterocycles. The van der Waals surface area contributed by atoms with Crippen LogP contribution in [0, 0.1) is 0 Å². The van der Waals surface area contributed by atoms with E-state index in [1.807, 2.05) is 6.07 Å². The fraction of sp³-hybridized carbons (Fsp3) is 0.0500. The molecule has 5 nitrogen and oxygen atoms in total. The van der Waals surface area contributed by atoms with Gasteiger partial charge in [0.25, 0.3) is 0 Å². The molecule has 120 valence electrons. The Morgan fingerprint density at radius 1 is 0.800 bits per heavy atom. The highest BCUT2D eigenvalue weighted by Crippen LogP contribution is 2.36. The number of carbonyl (C=O) groups excluding carboxylic acids is 2. The Bertz CT molecular complexity index is 1310. The molecule has 2 heterocycles. The normalized spacial score (nSPS) is 13.3. The highest BCUT2D eigenvalue weighted by atomic mass is 16.4. The summed E-state index contributed by atoms with van der Waals surface area (Å²) in [5.74, 6) is -0.537. The largest absolute Gasteiger partial charge is 0.420 e. The van der Waals surface area contributed by atoms with E-state index in [1.165, 1.54) is 0 Å². The van der Waals surface area contributed by atoms with Crippen LogP contribution < -0.4 is 5.63 Å². The number of hydrogen-bond acceptors (Lipinski definition) is 4. The van der Waals surface area contributed by atoms with Gasteiger partial charge in [0, 0.05) is 23.6 Å². The molecule has 4 aromatic rings. The molecule has 5 rings (SSSR count). The summed E-state index contributed by atoms with van der Waals surface area (Å²) >= 11 is 0. The number of carbonyl (C=O) groups is 2. The number of aryl methyl sites for hydroxylation is 1. The summed E-state index contributed by atoms with van der Waals surface area (Å²) in [6, 6.07) is 13.7. The monoisotopic (exact) mass is 329 g/mol. The van der Waals surface area contributed by atoms with E-state index in [1.54, 1.807) is 54.1 Å². The van der Waals surface area contributed by atoms with E-state index < -0.39 is 5.63 Å². The predicted octanol–water partition coefficient (Wildman–Crippen LogP) is 3.06. The summed E-state index contributed by atoms with van der Waals surface area (Å²) in [6.45, 7) is 0. The van der Waals surface area contributed by atoms with E-state index in [2.05, 4.69) is 0 Å². The molecule has 0 spiro atoms. The molecule has 1 aliphatic rings. The first-order valence-corrected chi connectivity index (χ1v) is 7.82. The molecule has 0 radical (unpaired) electrons. The van der Waals surface area contributed by atoms with E-state index in [4.69, 9.17) is 4.42 Å². The maximum Gasteiger partial charge on any atom is 0.344 e. The second kappa shape index (κ2) is 4.54. The van der Waals surface area contributed by atoms with Crippen LogP contribution in [0.3, 0.4) is 0 Å². The number of aromatic nitrogens is 1. The van der Waals surface area contributed by atoms with Crippen LogP contribution in [0.25, 0.3) is 21.9 Å². The summed E-state index contributed by atoms with van der Waals surface area (Å²) in [4.78, 5) is 38.3. The van der Waals surface area contributed by atoms with Gasteiger partial charge in [-0.3, -0.25) is 9.59 Å². The third-order valence-corrected chi connectivity index (χ3v) is 4.81. The second-order valence-electron chi connectivity index (χ2n) is 6.10. The van der Waals surface area contributed by atoms with Gasteiger partial charge in [0.15, 0.2) is 11.4 Å². The molecule has 0 bridgehead atoms. The van der Waals surface area contributed by atoms with E-state index in [0.717, 1.165) is 0 Å². The third-order valence-electron chi connectivity index (χ3n) is 4.81. The van der Waals surface area contributed by atoms with Gasteiger partial charge in [-0.25, -0.2) is 4.79 Å². The zero-order chi connectivity index (χ0) is 17.3. The number of hydrogen-bond donors (Lipinski definition) is 0. The average molecular weight is 329 g/mol. The molecular formula is C20H11NO4. The Balaban J connectivity index is 2.03. The van der Waals surface area contributed by atoms with Crippen LogP contribution >= 0.6 is 0 Å². The smallest absolute Gasteiger partial charge is 0.344 e. The Morgan fingerprint density at radius 2 is 1.40 bits per heavy atom. The lowest BCUT2D eigenvalue weighted by atomic mass is 9.88. The van der Waals surface area contributed by atoms with Crippen molar-refractivity contribution in [1.29, 1.82) is 0 Å². The number of rotatable bonds is 0. The molecular weight excluding hydrogens is 318 g/mol. The summed E-state index contributed by atoms with van der Waals surface area (Å²) in [7, 11) is 1.71. The molecule has 25 heavy (non-hydrogen) atoms. The molecule has 0 unspecified atom stereocenters. The Morgan fingerprint density at radius 3 is 2.12 bits per heavy atom. The Hall–Kier alpha value is -3.47. The molecule has 0 fully saturated rings. The fourth-order valence-electron chi connectivity index (χ4n) is 3.69. The number of benzene rings is 2. The van der Waals surface area contributed by atoms with Crippen molar-refractivity contribution < 1.29 is 14.0 Å². The maximum absolute atomic E-state index is 13.0. The molecule has 0 N–H and O–H groups in total. The highest BCUT2D eigenvalue weighted by molar-refractivity contribution is 6.32. The van der Waals surface area contributed by atoms with Gasteiger partial charge in [-0.05, 0) is 6.07 Å². The van der Waals surface area contributed by atoms with Gasteiger partial charge in [0.05, 0.1) is 16.5 Å². The molecule has 5 heteroatoms. The lowest BCUT2D eigenvalue weighted by Gasteiger charge is -2.14. The highest BCUT2D eigenvalue weighted by Gasteiger charge is 2.36. The fourth-order valence-corrected chi connectivity index (χ4v) is 3.69. The van der Waals surface area contributed by atoms with Crippen LogP contribution in [-0.2, 0) is 7.05 Å². The summed E-state index contributed by atoms with van der Waals surface area (Å²) in [5.41, 5.74) is 1.38. The first-order valence-electron chi connectivity index (χ1n) is 7.82. The molecule has 0 saturated carbocycles. The van der Waals surface area contributed by atoms with Crippen molar-refractivity contribution in [2.24, 2.45) is 7.05 Å². The number of ketones is 2. The van der Waals surface area contributed by atoms with Crippen molar-refractivity contribution >= 4 is 33.4 Å². The molecule has 2 aromatic carbocycles. The first-order chi connectivity index (χ1) is 12.1. The standard InChI is InChI=1S/C20H11NO4/c1-21-15-10-6-2-5-9-13(10)20(24)25-19(15)14-16(21)18(23)12-8-4-3-7-11(12)17(14)22/h2-9H,1H3. The molecule has 0 atom stereocenters.